The first-order valence-corrected chi connectivity index (χ1v) is 6.55. The van der Waals surface area contributed by atoms with Crippen molar-refractivity contribution >= 4 is 21.9 Å². The molecule has 0 aromatic carbocycles. The van der Waals surface area contributed by atoms with Crippen LogP contribution in [-0.2, 0) is 19.0 Å². The van der Waals surface area contributed by atoms with Crippen LogP contribution in [0.25, 0.3) is 0 Å². The molecule has 0 saturated carbocycles. The fourth-order valence-electron chi connectivity index (χ4n) is 1.76. The Morgan fingerprint density at radius 3 is 2.47 bits per heavy atom. The first-order valence-electron chi connectivity index (χ1n) is 5.76. The van der Waals surface area contributed by atoms with Crippen LogP contribution >= 0.6 is 15.9 Å². The van der Waals surface area contributed by atoms with Gasteiger partial charge < -0.3 is 14.2 Å². The molecule has 0 atom stereocenters. The number of hydrogen-bond donors (Lipinski definition) is 0. The zero-order valence-corrected chi connectivity index (χ0v) is 12.3. The van der Waals surface area contributed by atoms with Crippen LogP contribution in [-0.4, -0.2) is 31.6 Å². The number of carbonyl (C=O) groups excluding carboxylic acids is 1. The van der Waals surface area contributed by atoms with Crippen molar-refractivity contribution in [2.24, 2.45) is 0 Å². The van der Waals surface area contributed by atoms with Gasteiger partial charge in [0.1, 0.15) is 12.2 Å². The third kappa shape index (κ3) is 4.26. The molecule has 1 rings (SSSR count). The second-order valence-electron chi connectivity index (χ2n) is 3.84. The van der Waals surface area contributed by atoms with E-state index in [9.17, 15) is 9.18 Å². The normalized spacial score (nSPS) is 18.2. The van der Waals surface area contributed by atoms with Crippen molar-refractivity contribution in [1.82, 2.24) is 0 Å². The zero-order valence-electron chi connectivity index (χ0n) is 10.7. The van der Waals surface area contributed by atoms with E-state index in [0.29, 0.717) is 4.48 Å². The van der Waals surface area contributed by atoms with Crippen LogP contribution in [0.15, 0.2) is 35.1 Å². The van der Waals surface area contributed by atoms with Crippen molar-refractivity contribution in [3.05, 3.63) is 35.1 Å². The summed E-state index contributed by atoms with van der Waals surface area (Å²) >= 11 is 3.11. The van der Waals surface area contributed by atoms with E-state index >= 15 is 0 Å². The van der Waals surface area contributed by atoms with Crippen molar-refractivity contribution in [3.63, 3.8) is 0 Å². The quantitative estimate of drug-likeness (QED) is 0.553. The average molecular weight is 335 g/mol. The molecule has 0 aromatic heterocycles. The van der Waals surface area contributed by atoms with Crippen LogP contribution in [0.1, 0.15) is 13.3 Å². The molecule has 0 aromatic rings. The maximum Gasteiger partial charge on any atom is 0.311 e. The van der Waals surface area contributed by atoms with E-state index in [4.69, 9.17) is 14.2 Å². The summed E-state index contributed by atoms with van der Waals surface area (Å²) in [6, 6.07) is 0. The molecule has 1 saturated heterocycles. The van der Waals surface area contributed by atoms with E-state index in [2.05, 4.69) is 29.1 Å². The lowest BCUT2D eigenvalue weighted by molar-refractivity contribution is -0.167. The highest BCUT2D eigenvalue weighted by atomic mass is 79.9. The van der Waals surface area contributed by atoms with Crippen LogP contribution in [0.2, 0.25) is 0 Å². The van der Waals surface area contributed by atoms with E-state index in [1.54, 1.807) is 6.92 Å². The molecule has 19 heavy (non-hydrogen) atoms. The Kier molecular flexibility index (Phi) is 5.90. The summed E-state index contributed by atoms with van der Waals surface area (Å²) in [5, 5.41) is 0. The Labute approximate surface area is 120 Å². The predicted octanol–water partition coefficient (Wildman–Crippen LogP) is 3.00. The third-order valence-corrected chi connectivity index (χ3v) is 2.67. The van der Waals surface area contributed by atoms with Gasteiger partial charge in [0.2, 0.25) is 5.79 Å². The summed E-state index contributed by atoms with van der Waals surface area (Å²) in [6.45, 7) is 9.29. The summed E-state index contributed by atoms with van der Waals surface area (Å²) in [6.07, 6.45) is 1.14. The monoisotopic (exact) mass is 334 g/mol. The van der Waals surface area contributed by atoms with Crippen molar-refractivity contribution < 1.29 is 23.4 Å². The van der Waals surface area contributed by atoms with Gasteiger partial charge in [-0.05, 0) is 13.0 Å². The van der Waals surface area contributed by atoms with Crippen molar-refractivity contribution in [2.45, 2.75) is 19.1 Å². The van der Waals surface area contributed by atoms with Gasteiger partial charge in [-0.3, -0.25) is 4.79 Å². The van der Waals surface area contributed by atoms with Gasteiger partial charge in [0, 0.05) is 10.1 Å². The topological polar surface area (TPSA) is 44.8 Å². The minimum atomic E-state index is -1.49. The SMILES string of the molecule is C=C(Br)/C=C(\C(=C)F)C1(CC(=O)OCC)OCCO1. The number of rotatable bonds is 6. The maximum atomic E-state index is 13.6. The fraction of sp³-hybridized carbons (Fsp3) is 0.462. The Morgan fingerprint density at radius 1 is 1.47 bits per heavy atom. The number of allylic oxidation sites excluding steroid dienone is 2. The van der Waals surface area contributed by atoms with Crippen LogP contribution in [0.4, 0.5) is 4.39 Å². The first kappa shape index (κ1) is 16.1. The smallest absolute Gasteiger partial charge is 0.311 e. The molecule has 0 bridgehead atoms. The number of esters is 1. The van der Waals surface area contributed by atoms with E-state index in [-0.39, 0.29) is 31.8 Å². The van der Waals surface area contributed by atoms with Crippen molar-refractivity contribution in [3.8, 4) is 0 Å². The highest BCUT2D eigenvalue weighted by Gasteiger charge is 2.44. The zero-order chi connectivity index (χ0) is 14.5. The summed E-state index contributed by atoms with van der Waals surface area (Å²) in [5.74, 6) is -2.77. The molecule has 106 valence electrons. The summed E-state index contributed by atoms with van der Waals surface area (Å²) in [7, 11) is 0. The second kappa shape index (κ2) is 6.98. The molecule has 6 heteroatoms. The second-order valence-corrected chi connectivity index (χ2v) is 4.86. The van der Waals surface area contributed by atoms with Crippen LogP contribution in [0.5, 0.6) is 0 Å². The number of halogens is 2. The van der Waals surface area contributed by atoms with E-state index in [0.717, 1.165) is 0 Å². The van der Waals surface area contributed by atoms with Gasteiger partial charge in [0.25, 0.3) is 0 Å². The fourth-order valence-corrected chi connectivity index (χ4v) is 1.99. The number of ether oxygens (including phenoxy) is 3. The minimum Gasteiger partial charge on any atom is -0.466 e. The minimum absolute atomic E-state index is 0.0277. The molecule has 1 fully saturated rings. The Bertz CT molecular complexity index is 411. The molecule has 0 radical (unpaired) electrons. The number of hydrogen-bond acceptors (Lipinski definition) is 4. The van der Waals surface area contributed by atoms with Gasteiger partial charge in [-0.1, -0.05) is 29.1 Å². The van der Waals surface area contributed by atoms with Gasteiger partial charge in [0.05, 0.1) is 19.8 Å². The van der Waals surface area contributed by atoms with Crippen molar-refractivity contribution in [1.29, 1.82) is 0 Å². The highest BCUT2D eigenvalue weighted by Crippen LogP contribution is 2.37. The van der Waals surface area contributed by atoms with Gasteiger partial charge in [0.15, 0.2) is 0 Å². The van der Waals surface area contributed by atoms with E-state index in [1.807, 2.05) is 0 Å². The molecule has 0 spiro atoms. The molecule has 0 N–H and O–H groups in total. The lowest BCUT2D eigenvalue weighted by atomic mass is 10.0. The largest absolute Gasteiger partial charge is 0.466 e. The molecule has 4 nitrogen and oxygen atoms in total. The lowest BCUT2D eigenvalue weighted by Crippen LogP contribution is -2.36. The van der Waals surface area contributed by atoms with Gasteiger partial charge >= 0.3 is 5.97 Å². The standard InChI is InChI=1S/C13H16BrFO4/c1-4-17-12(16)8-13(18-5-6-19-13)11(10(3)15)7-9(2)14/h7H,2-6,8H2,1H3/b11-7+. The molecule has 0 aliphatic carbocycles. The lowest BCUT2D eigenvalue weighted by Gasteiger charge is -2.28. The Hall–Kier alpha value is -0.980. The molecule has 1 aliphatic rings. The predicted molar refractivity (Wildman–Crippen MR) is 72.3 cm³/mol. The van der Waals surface area contributed by atoms with Crippen LogP contribution < -0.4 is 0 Å². The first-order chi connectivity index (χ1) is 8.91. The molecular formula is C13H16BrFO4. The van der Waals surface area contributed by atoms with Crippen molar-refractivity contribution in [2.75, 3.05) is 19.8 Å². The molecule has 0 unspecified atom stereocenters. The summed E-state index contributed by atoms with van der Waals surface area (Å²) in [5.41, 5.74) is 0.0277. The van der Waals surface area contributed by atoms with Gasteiger partial charge in [-0.2, -0.15) is 0 Å². The van der Waals surface area contributed by atoms with Gasteiger partial charge in [-0.15, -0.1) is 0 Å². The Morgan fingerprint density at radius 2 is 2.05 bits per heavy atom. The van der Waals surface area contributed by atoms with E-state index in [1.165, 1.54) is 6.08 Å². The van der Waals surface area contributed by atoms with Gasteiger partial charge in [-0.25, -0.2) is 4.39 Å². The third-order valence-electron chi connectivity index (χ3n) is 2.44. The Balaban J connectivity index is 3.06. The average Bonchev–Trinajstić information content (AvgIpc) is 2.75. The molecule has 0 amide bonds. The van der Waals surface area contributed by atoms with E-state index < -0.39 is 17.6 Å². The highest BCUT2D eigenvalue weighted by molar-refractivity contribution is 9.11. The molecular weight excluding hydrogens is 319 g/mol. The maximum absolute atomic E-state index is 13.6. The van der Waals surface area contributed by atoms with Crippen LogP contribution in [0.3, 0.4) is 0 Å². The molecule has 1 heterocycles. The van der Waals surface area contributed by atoms with Crippen LogP contribution in [0, 0.1) is 0 Å². The summed E-state index contributed by atoms with van der Waals surface area (Å²) in [4.78, 5) is 11.6. The summed E-state index contributed by atoms with van der Waals surface area (Å²) < 4.78 is 29.7. The number of carbonyl (C=O) groups is 1. The molecule has 1 aliphatic heterocycles.